The van der Waals surface area contributed by atoms with Crippen LogP contribution in [-0.4, -0.2) is 53.4 Å². The monoisotopic (exact) mass is 360 g/mol. The van der Waals surface area contributed by atoms with E-state index in [1.807, 2.05) is 6.07 Å². The van der Waals surface area contributed by atoms with E-state index in [-0.39, 0.29) is 18.1 Å². The Kier molecular flexibility index (Phi) is 5.90. The third-order valence-corrected chi connectivity index (χ3v) is 4.53. The minimum Gasteiger partial charge on any atom is -0.325 e. The molecule has 2 aromatic rings. The number of anilines is 1. The molecular weight excluding hydrogens is 338 g/mol. The second kappa shape index (κ2) is 8.33. The molecule has 0 radical (unpaired) electrons. The van der Waals surface area contributed by atoms with Crippen LogP contribution in [0.15, 0.2) is 36.5 Å². The average Bonchev–Trinajstić information content (AvgIpc) is 2.62. The molecule has 1 aliphatic rings. The van der Waals surface area contributed by atoms with Crippen LogP contribution < -0.4 is 5.32 Å². The van der Waals surface area contributed by atoms with E-state index in [0.29, 0.717) is 0 Å². The highest BCUT2D eigenvalue weighted by atomic mass is 19.2. The smallest absolute Gasteiger partial charge is 0.238 e. The van der Waals surface area contributed by atoms with Gasteiger partial charge in [0.15, 0.2) is 11.6 Å². The van der Waals surface area contributed by atoms with Crippen molar-refractivity contribution in [1.29, 1.82) is 0 Å². The first kappa shape index (κ1) is 18.4. The molecule has 5 nitrogen and oxygen atoms in total. The van der Waals surface area contributed by atoms with Gasteiger partial charge in [-0.1, -0.05) is 6.07 Å². The molecule has 26 heavy (non-hydrogen) atoms. The lowest BCUT2D eigenvalue weighted by Crippen LogP contribution is -2.48. The molecule has 0 bridgehead atoms. The molecule has 2 heterocycles. The number of piperazine rings is 1. The molecule has 3 rings (SSSR count). The van der Waals surface area contributed by atoms with Crippen LogP contribution in [0.5, 0.6) is 0 Å². The standard InChI is InChI=1S/C19H22F2N4O/c1-14-3-2-6-22-18(14)12-24-7-9-25(10-8-24)13-19(26)23-15-4-5-16(20)17(21)11-15/h2-6,11H,7-10,12-13H2,1H3,(H,23,26). The summed E-state index contributed by atoms with van der Waals surface area (Å²) in [6.07, 6.45) is 1.81. The van der Waals surface area contributed by atoms with E-state index in [2.05, 4.69) is 33.1 Å². The predicted molar refractivity (Wildman–Crippen MR) is 95.7 cm³/mol. The van der Waals surface area contributed by atoms with Crippen molar-refractivity contribution in [3.8, 4) is 0 Å². The first-order valence-electron chi connectivity index (χ1n) is 8.61. The first-order chi connectivity index (χ1) is 12.5. The van der Waals surface area contributed by atoms with Gasteiger partial charge in [-0.05, 0) is 30.7 Å². The molecule has 0 spiro atoms. The fourth-order valence-corrected chi connectivity index (χ4v) is 2.98. The Morgan fingerprint density at radius 2 is 1.85 bits per heavy atom. The number of amides is 1. The minimum atomic E-state index is -0.971. The van der Waals surface area contributed by atoms with Crippen LogP contribution in [-0.2, 0) is 11.3 Å². The van der Waals surface area contributed by atoms with Crippen molar-refractivity contribution in [3.63, 3.8) is 0 Å². The maximum Gasteiger partial charge on any atom is 0.238 e. The summed E-state index contributed by atoms with van der Waals surface area (Å²) >= 11 is 0. The quantitative estimate of drug-likeness (QED) is 0.890. The number of rotatable bonds is 5. The van der Waals surface area contributed by atoms with Gasteiger partial charge in [-0.2, -0.15) is 0 Å². The van der Waals surface area contributed by atoms with Crippen LogP contribution >= 0.6 is 0 Å². The van der Waals surface area contributed by atoms with Crippen LogP contribution in [0.3, 0.4) is 0 Å². The largest absolute Gasteiger partial charge is 0.325 e. The topological polar surface area (TPSA) is 48.5 Å². The van der Waals surface area contributed by atoms with Crippen LogP contribution in [0.4, 0.5) is 14.5 Å². The molecule has 1 aliphatic heterocycles. The van der Waals surface area contributed by atoms with Crippen molar-refractivity contribution in [2.24, 2.45) is 0 Å². The molecule has 0 saturated carbocycles. The summed E-state index contributed by atoms with van der Waals surface area (Å²) in [5, 5.41) is 2.60. The second-order valence-corrected chi connectivity index (χ2v) is 6.50. The Hall–Kier alpha value is -2.38. The Morgan fingerprint density at radius 3 is 2.54 bits per heavy atom. The molecule has 1 aromatic carbocycles. The molecule has 1 aromatic heterocycles. The van der Waals surface area contributed by atoms with Gasteiger partial charge in [-0.15, -0.1) is 0 Å². The van der Waals surface area contributed by atoms with Gasteiger partial charge in [0, 0.05) is 50.7 Å². The Bertz CT molecular complexity index is 776. The first-order valence-corrected chi connectivity index (χ1v) is 8.61. The third-order valence-electron chi connectivity index (χ3n) is 4.53. The Labute approximate surface area is 151 Å². The van der Waals surface area contributed by atoms with Gasteiger partial charge in [0.05, 0.1) is 12.2 Å². The number of nitrogens with one attached hydrogen (secondary N) is 1. The Balaban J connectivity index is 1.45. The number of aryl methyl sites for hydroxylation is 1. The number of hydrogen-bond acceptors (Lipinski definition) is 4. The second-order valence-electron chi connectivity index (χ2n) is 6.50. The summed E-state index contributed by atoms with van der Waals surface area (Å²) in [5.74, 6) is -2.13. The van der Waals surface area contributed by atoms with Crippen molar-refractivity contribution >= 4 is 11.6 Å². The average molecular weight is 360 g/mol. The molecule has 138 valence electrons. The number of hydrogen-bond donors (Lipinski definition) is 1. The van der Waals surface area contributed by atoms with Crippen LogP contribution in [0.1, 0.15) is 11.3 Å². The van der Waals surface area contributed by atoms with E-state index in [0.717, 1.165) is 50.6 Å². The number of pyridine rings is 1. The van der Waals surface area contributed by atoms with Gasteiger partial charge in [-0.3, -0.25) is 19.6 Å². The van der Waals surface area contributed by atoms with Gasteiger partial charge in [-0.25, -0.2) is 8.78 Å². The zero-order valence-electron chi connectivity index (χ0n) is 14.7. The van der Waals surface area contributed by atoms with Crippen LogP contribution in [0.2, 0.25) is 0 Å². The number of nitrogens with zero attached hydrogens (tertiary/aromatic N) is 3. The van der Waals surface area contributed by atoms with Gasteiger partial charge in [0.25, 0.3) is 0 Å². The zero-order chi connectivity index (χ0) is 18.5. The maximum absolute atomic E-state index is 13.2. The highest BCUT2D eigenvalue weighted by Gasteiger charge is 2.20. The van der Waals surface area contributed by atoms with Crippen molar-refractivity contribution in [2.75, 3.05) is 38.0 Å². The van der Waals surface area contributed by atoms with E-state index in [9.17, 15) is 13.6 Å². The van der Waals surface area contributed by atoms with Crippen molar-refractivity contribution < 1.29 is 13.6 Å². The molecule has 1 N–H and O–H groups in total. The summed E-state index contributed by atoms with van der Waals surface area (Å²) in [7, 11) is 0. The maximum atomic E-state index is 13.2. The lowest BCUT2D eigenvalue weighted by Gasteiger charge is -2.34. The van der Waals surface area contributed by atoms with E-state index < -0.39 is 11.6 Å². The van der Waals surface area contributed by atoms with E-state index in [1.165, 1.54) is 11.6 Å². The normalized spacial score (nSPS) is 15.8. The number of benzene rings is 1. The fourth-order valence-electron chi connectivity index (χ4n) is 2.98. The summed E-state index contributed by atoms with van der Waals surface area (Å²) in [6, 6.07) is 7.33. The molecule has 0 unspecified atom stereocenters. The summed E-state index contributed by atoms with van der Waals surface area (Å²) in [5.41, 5.74) is 2.52. The summed E-state index contributed by atoms with van der Waals surface area (Å²) in [6.45, 7) is 6.36. The third kappa shape index (κ3) is 4.83. The fraction of sp³-hybridized carbons (Fsp3) is 0.368. The van der Waals surface area contributed by atoms with Crippen molar-refractivity contribution in [1.82, 2.24) is 14.8 Å². The number of carbonyl (C=O) groups excluding carboxylic acids is 1. The SMILES string of the molecule is Cc1cccnc1CN1CCN(CC(=O)Nc2ccc(F)c(F)c2)CC1. The summed E-state index contributed by atoms with van der Waals surface area (Å²) in [4.78, 5) is 20.9. The highest BCUT2D eigenvalue weighted by molar-refractivity contribution is 5.92. The molecule has 0 atom stereocenters. The van der Waals surface area contributed by atoms with Crippen LogP contribution in [0, 0.1) is 18.6 Å². The van der Waals surface area contributed by atoms with Crippen molar-refractivity contribution in [2.45, 2.75) is 13.5 Å². The van der Waals surface area contributed by atoms with Gasteiger partial charge >= 0.3 is 0 Å². The molecule has 1 fully saturated rings. The predicted octanol–water partition coefficient (Wildman–Crippen LogP) is 2.42. The molecule has 1 amide bonds. The lowest BCUT2D eigenvalue weighted by atomic mass is 10.2. The molecule has 1 saturated heterocycles. The minimum absolute atomic E-state index is 0.231. The number of halogens is 2. The van der Waals surface area contributed by atoms with Crippen LogP contribution in [0.25, 0.3) is 0 Å². The molecular formula is C19H22F2N4O. The van der Waals surface area contributed by atoms with E-state index in [4.69, 9.17) is 0 Å². The van der Waals surface area contributed by atoms with Gasteiger partial charge < -0.3 is 5.32 Å². The summed E-state index contributed by atoms with van der Waals surface area (Å²) < 4.78 is 26.1. The van der Waals surface area contributed by atoms with Gasteiger partial charge in [0.2, 0.25) is 5.91 Å². The van der Waals surface area contributed by atoms with Gasteiger partial charge in [0.1, 0.15) is 0 Å². The zero-order valence-corrected chi connectivity index (χ0v) is 14.7. The van der Waals surface area contributed by atoms with E-state index >= 15 is 0 Å². The van der Waals surface area contributed by atoms with Crippen molar-refractivity contribution in [3.05, 3.63) is 59.4 Å². The molecule has 0 aliphatic carbocycles. The Morgan fingerprint density at radius 1 is 1.12 bits per heavy atom. The molecule has 7 heteroatoms. The van der Waals surface area contributed by atoms with E-state index in [1.54, 1.807) is 6.20 Å². The number of aromatic nitrogens is 1. The highest BCUT2D eigenvalue weighted by Crippen LogP contribution is 2.14. The lowest BCUT2D eigenvalue weighted by molar-refractivity contribution is -0.117. The number of carbonyl (C=O) groups is 1.